The van der Waals surface area contributed by atoms with Crippen LogP contribution in [0.25, 0.3) is 0 Å². The van der Waals surface area contributed by atoms with Gasteiger partial charge in [0, 0.05) is 23.8 Å². The lowest BCUT2D eigenvalue weighted by Gasteiger charge is -2.25. The van der Waals surface area contributed by atoms with Crippen LogP contribution in [0.15, 0.2) is 84.9 Å². The van der Waals surface area contributed by atoms with Crippen molar-refractivity contribution in [1.82, 2.24) is 0 Å². The van der Waals surface area contributed by atoms with Crippen LogP contribution in [0.4, 0.5) is 0 Å². The Morgan fingerprint density at radius 2 is 1.54 bits per heavy atom. The highest BCUT2D eigenvalue weighted by molar-refractivity contribution is 6.02. The number of carbonyl (C=O) groups is 2. The lowest BCUT2D eigenvalue weighted by Crippen LogP contribution is -2.25. The zero-order valence-corrected chi connectivity index (χ0v) is 15.6. The first-order valence-electron chi connectivity index (χ1n) is 9.63. The summed E-state index contributed by atoms with van der Waals surface area (Å²) >= 11 is 0. The van der Waals surface area contributed by atoms with Crippen LogP contribution < -0.4 is 4.74 Å². The average molecular weight is 370 g/mol. The van der Waals surface area contributed by atoms with Crippen molar-refractivity contribution in [2.45, 2.75) is 18.8 Å². The third-order valence-corrected chi connectivity index (χ3v) is 5.39. The maximum atomic E-state index is 13.4. The summed E-state index contributed by atoms with van der Waals surface area (Å²) in [5.41, 5.74) is 2.31. The molecule has 0 saturated heterocycles. The normalized spacial score (nSPS) is 17.1. The summed E-state index contributed by atoms with van der Waals surface area (Å²) in [6.07, 6.45) is 0.891. The second-order valence-corrected chi connectivity index (χ2v) is 7.11. The van der Waals surface area contributed by atoms with E-state index >= 15 is 0 Å². The van der Waals surface area contributed by atoms with Gasteiger partial charge in [-0.2, -0.15) is 0 Å². The van der Waals surface area contributed by atoms with Gasteiger partial charge in [0.05, 0.1) is 12.2 Å². The Labute approximate surface area is 165 Å². The van der Waals surface area contributed by atoms with Crippen LogP contribution in [-0.2, 0) is 0 Å². The van der Waals surface area contributed by atoms with Gasteiger partial charge in [-0.1, -0.05) is 72.8 Å². The number of ketones is 2. The van der Waals surface area contributed by atoms with E-state index in [1.807, 2.05) is 84.9 Å². The number of carbonyl (C=O) groups excluding carboxylic acids is 2. The summed E-state index contributed by atoms with van der Waals surface area (Å²) in [7, 11) is 0. The molecular formula is C25H22O3. The molecule has 1 aliphatic rings. The lowest BCUT2D eigenvalue weighted by molar-refractivity contribution is 0.0869. The number of para-hydroxylation sites is 1. The van der Waals surface area contributed by atoms with Crippen LogP contribution in [0.3, 0.4) is 0 Å². The van der Waals surface area contributed by atoms with Gasteiger partial charge in [0.2, 0.25) is 0 Å². The van der Waals surface area contributed by atoms with Gasteiger partial charge in [0.1, 0.15) is 5.75 Å². The van der Waals surface area contributed by atoms with Crippen molar-refractivity contribution < 1.29 is 14.3 Å². The van der Waals surface area contributed by atoms with Crippen molar-refractivity contribution in [3.63, 3.8) is 0 Å². The van der Waals surface area contributed by atoms with Crippen molar-refractivity contribution in [1.29, 1.82) is 0 Å². The molecule has 0 amide bonds. The van der Waals surface area contributed by atoms with Gasteiger partial charge in [-0.3, -0.25) is 9.59 Å². The lowest BCUT2D eigenvalue weighted by atomic mass is 9.76. The fourth-order valence-corrected chi connectivity index (χ4v) is 3.94. The van der Waals surface area contributed by atoms with E-state index < -0.39 is 0 Å². The van der Waals surface area contributed by atoms with Gasteiger partial charge in [-0.05, 0) is 24.1 Å². The van der Waals surface area contributed by atoms with Gasteiger partial charge in [-0.15, -0.1) is 0 Å². The first kappa shape index (κ1) is 18.2. The summed E-state index contributed by atoms with van der Waals surface area (Å²) in [4.78, 5) is 26.3. The first-order chi connectivity index (χ1) is 13.7. The standard InChI is InChI=1S/C25H22O3/c26-23(19-11-5-2-6-12-19)17-22(18-9-3-1-4-10-18)20-15-16-28-24-14-8-7-13-21(24)25(20)27/h1-14,20,22H,15-17H2. The maximum absolute atomic E-state index is 13.4. The van der Waals surface area contributed by atoms with Gasteiger partial charge >= 0.3 is 0 Å². The van der Waals surface area contributed by atoms with Crippen LogP contribution in [0.1, 0.15) is 45.0 Å². The summed E-state index contributed by atoms with van der Waals surface area (Å²) in [6.45, 7) is 0.469. The number of hydrogen-bond acceptors (Lipinski definition) is 3. The topological polar surface area (TPSA) is 43.4 Å². The average Bonchev–Trinajstić information content (AvgIpc) is 2.92. The molecule has 4 rings (SSSR count). The van der Waals surface area contributed by atoms with Crippen molar-refractivity contribution in [3.05, 3.63) is 102 Å². The van der Waals surface area contributed by atoms with E-state index in [2.05, 4.69) is 0 Å². The van der Waals surface area contributed by atoms with E-state index in [4.69, 9.17) is 4.74 Å². The van der Waals surface area contributed by atoms with E-state index in [0.29, 0.717) is 36.3 Å². The second kappa shape index (κ2) is 8.22. The molecular weight excluding hydrogens is 348 g/mol. The van der Waals surface area contributed by atoms with Gasteiger partial charge in [-0.25, -0.2) is 0 Å². The fraction of sp³-hybridized carbons (Fsp3) is 0.200. The highest BCUT2D eigenvalue weighted by Gasteiger charge is 2.34. The maximum Gasteiger partial charge on any atom is 0.170 e. The molecule has 0 aliphatic carbocycles. The highest BCUT2D eigenvalue weighted by Crippen LogP contribution is 2.37. The predicted molar refractivity (Wildman–Crippen MR) is 109 cm³/mol. The first-order valence-corrected chi connectivity index (χ1v) is 9.63. The molecule has 2 unspecified atom stereocenters. The SMILES string of the molecule is O=C(CC(c1ccccc1)C1CCOc2ccccc2C1=O)c1ccccc1. The zero-order chi connectivity index (χ0) is 19.3. The van der Waals surface area contributed by atoms with Gasteiger partial charge in [0.15, 0.2) is 11.6 Å². The van der Waals surface area contributed by atoms with Crippen LogP contribution >= 0.6 is 0 Å². The molecule has 0 fully saturated rings. The Balaban J connectivity index is 1.69. The second-order valence-electron chi connectivity index (χ2n) is 7.11. The minimum absolute atomic E-state index is 0.0562. The van der Waals surface area contributed by atoms with E-state index in [1.54, 1.807) is 0 Å². The van der Waals surface area contributed by atoms with Gasteiger partial charge in [0.25, 0.3) is 0 Å². The van der Waals surface area contributed by atoms with Crippen LogP contribution in [-0.4, -0.2) is 18.2 Å². The third-order valence-electron chi connectivity index (χ3n) is 5.39. The highest BCUT2D eigenvalue weighted by atomic mass is 16.5. The minimum Gasteiger partial charge on any atom is -0.493 e. The van der Waals surface area contributed by atoms with Crippen LogP contribution in [0.2, 0.25) is 0 Å². The van der Waals surface area contributed by atoms with Gasteiger partial charge < -0.3 is 4.74 Å². The predicted octanol–water partition coefficient (Wildman–Crippen LogP) is 5.32. The van der Waals surface area contributed by atoms with E-state index in [9.17, 15) is 9.59 Å². The molecule has 28 heavy (non-hydrogen) atoms. The third kappa shape index (κ3) is 3.74. The van der Waals surface area contributed by atoms with Crippen molar-refractivity contribution in [2.75, 3.05) is 6.61 Å². The van der Waals surface area contributed by atoms with Crippen molar-refractivity contribution >= 4 is 11.6 Å². The largest absolute Gasteiger partial charge is 0.493 e. The molecule has 0 aromatic heterocycles. The molecule has 0 N–H and O–H groups in total. The molecule has 1 heterocycles. The molecule has 2 atom stereocenters. The summed E-state index contributed by atoms with van der Waals surface area (Å²) in [5, 5.41) is 0. The Kier molecular flexibility index (Phi) is 5.34. The van der Waals surface area contributed by atoms with Crippen LogP contribution in [0, 0.1) is 5.92 Å². The molecule has 3 heteroatoms. The summed E-state index contributed by atoms with van der Waals surface area (Å²) in [6, 6.07) is 26.6. The number of fused-ring (bicyclic) bond motifs is 1. The molecule has 0 radical (unpaired) electrons. The minimum atomic E-state index is -0.293. The smallest absolute Gasteiger partial charge is 0.170 e. The Hall–Kier alpha value is -3.20. The number of ether oxygens (including phenoxy) is 1. The molecule has 3 aromatic carbocycles. The van der Waals surface area contributed by atoms with E-state index in [1.165, 1.54) is 0 Å². The quantitative estimate of drug-likeness (QED) is 0.571. The molecule has 0 bridgehead atoms. The van der Waals surface area contributed by atoms with E-state index in [-0.39, 0.29) is 23.4 Å². The number of benzene rings is 3. The molecule has 3 nitrogen and oxygen atoms in total. The molecule has 1 aliphatic heterocycles. The Morgan fingerprint density at radius 1 is 0.893 bits per heavy atom. The van der Waals surface area contributed by atoms with Crippen molar-refractivity contribution in [2.24, 2.45) is 5.92 Å². The Bertz CT molecular complexity index is 963. The molecule has 3 aromatic rings. The Morgan fingerprint density at radius 3 is 2.29 bits per heavy atom. The molecule has 0 spiro atoms. The monoisotopic (exact) mass is 370 g/mol. The number of Topliss-reactive ketones (excluding diaryl/α,β-unsaturated/α-hetero) is 2. The molecule has 0 saturated carbocycles. The van der Waals surface area contributed by atoms with E-state index in [0.717, 1.165) is 5.56 Å². The number of rotatable bonds is 5. The van der Waals surface area contributed by atoms with Crippen molar-refractivity contribution in [3.8, 4) is 5.75 Å². The summed E-state index contributed by atoms with van der Waals surface area (Å²) in [5.74, 6) is 0.273. The number of hydrogen-bond donors (Lipinski definition) is 0. The fourth-order valence-electron chi connectivity index (χ4n) is 3.94. The van der Waals surface area contributed by atoms with Crippen LogP contribution in [0.5, 0.6) is 5.75 Å². The zero-order valence-electron chi connectivity index (χ0n) is 15.6. The summed E-state index contributed by atoms with van der Waals surface area (Å²) < 4.78 is 5.82. The molecule has 140 valence electrons.